The van der Waals surface area contributed by atoms with Crippen molar-refractivity contribution in [3.63, 3.8) is 0 Å². The van der Waals surface area contributed by atoms with Crippen LogP contribution in [0.15, 0.2) is 0 Å². The van der Waals surface area contributed by atoms with Crippen molar-refractivity contribution in [2.24, 2.45) is 0 Å². The van der Waals surface area contributed by atoms with E-state index in [4.69, 9.17) is 0 Å². The average Bonchev–Trinajstić information content (AvgIpc) is 1.55. The second-order valence-electron chi connectivity index (χ2n) is 1.23. The summed E-state index contributed by atoms with van der Waals surface area (Å²) in [6.07, 6.45) is -5.01. The first-order chi connectivity index (χ1) is 4.71. The molecule has 0 N–H and O–H groups in total. The predicted molar refractivity (Wildman–Crippen MR) is 22.8 cm³/mol. The van der Waals surface area contributed by atoms with E-state index in [1.165, 1.54) is 0 Å². The zero-order chi connectivity index (χ0) is 9.12. The molecule has 0 aromatic carbocycles. The van der Waals surface area contributed by atoms with Gasteiger partial charge in [-0.1, -0.05) is 0 Å². The van der Waals surface area contributed by atoms with Gasteiger partial charge in [-0.3, -0.25) is 8.92 Å². The summed E-state index contributed by atoms with van der Waals surface area (Å²) in [4.78, 5) is 0. The van der Waals surface area contributed by atoms with Gasteiger partial charge in [0.25, 0.3) is 0 Å². The van der Waals surface area contributed by atoms with Crippen LogP contribution in [0.4, 0.5) is 13.2 Å². The van der Waals surface area contributed by atoms with Gasteiger partial charge in [-0.05, 0) is 0 Å². The van der Waals surface area contributed by atoms with Crippen molar-refractivity contribution < 1.29 is 53.9 Å². The Bertz CT molecular complexity index is 209. The third kappa shape index (κ3) is 12.9. The minimum absolute atomic E-state index is 0. The topological polar surface area (TPSA) is 75.7 Å². The summed E-state index contributed by atoms with van der Waals surface area (Å²) in [5.41, 5.74) is 0. The Morgan fingerprint density at radius 1 is 1.33 bits per heavy atom. The number of hydrogen-bond acceptors (Lipinski definition) is 5. The smallest absolute Gasteiger partial charge is 0.725 e. The van der Waals surface area contributed by atoms with Crippen molar-refractivity contribution in [3.05, 3.63) is 0 Å². The first-order valence-electron chi connectivity index (χ1n) is 2.02. The number of rotatable bonds is 3. The molecule has 12 heavy (non-hydrogen) atoms. The maximum absolute atomic E-state index is 11.0. The van der Waals surface area contributed by atoms with Crippen molar-refractivity contribution >= 4 is 10.4 Å². The number of alkyl halides is 3. The molecule has 0 aromatic heterocycles. The van der Waals surface area contributed by atoms with Crippen molar-refractivity contribution in [1.29, 1.82) is 0 Å². The van der Waals surface area contributed by atoms with Crippen LogP contribution in [0, 0.1) is 0 Å². The molecular weight excluding hydrogens is 200 g/mol. The second-order valence-corrected chi connectivity index (χ2v) is 2.29. The second kappa shape index (κ2) is 5.06. The zero-order valence-corrected chi connectivity index (χ0v) is 6.61. The van der Waals surface area contributed by atoms with Gasteiger partial charge in [0.2, 0.25) is 10.4 Å². The maximum Gasteiger partial charge on any atom is 1.00 e. The van der Waals surface area contributed by atoms with Crippen LogP contribution in [-0.4, -0.2) is 26.1 Å². The summed E-state index contributed by atoms with van der Waals surface area (Å²) in [7, 11) is -5.12. The molecule has 0 amide bonds. The first-order valence-corrected chi connectivity index (χ1v) is 3.35. The number of halogens is 3. The minimum atomic E-state index is -5.12. The van der Waals surface area contributed by atoms with Gasteiger partial charge in [0.05, 0.1) is 0 Å². The van der Waals surface area contributed by atoms with E-state index in [2.05, 4.69) is 8.92 Å². The molecule has 0 radical (unpaired) electrons. The van der Waals surface area contributed by atoms with E-state index in [1.54, 1.807) is 0 Å². The third-order valence-electron chi connectivity index (χ3n) is 0.415. The number of ether oxygens (including phenoxy) is 1. The fourth-order valence-electron chi connectivity index (χ4n) is 0.150. The molecule has 0 saturated carbocycles. The van der Waals surface area contributed by atoms with Gasteiger partial charge >= 0.3 is 25.2 Å². The fourth-order valence-corrected chi connectivity index (χ4v) is 0.316. The van der Waals surface area contributed by atoms with Gasteiger partial charge in [-0.2, -0.15) is 0 Å². The number of hydrogen-bond donors (Lipinski definition) is 0. The van der Waals surface area contributed by atoms with Crippen molar-refractivity contribution in [1.82, 2.24) is 0 Å². The quantitative estimate of drug-likeness (QED) is 0.210. The molecule has 5 nitrogen and oxygen atoms in total. The van der Waals surface area contributed by atoms with Crippen LogP contribution in [0.25, 0.3) is 0 Å². The van der Waals surface area contributed by atoms with Crippen LogP contribution in [0.3, 0.4) is 0 Å². The SMILES string of the molecule is O=S(=O)([O-])OCOC(F)(F)F.[Li+]. The van der Waals surface area contributed by atoms with E-state index in [1.807, 2.05) is 0 Å². The van der Waals surface area contributed by atoms with Crippen LogP contribution < -0.4 is 18.9 Å². The van der Waals surface area contributed by atoms with E-state index in [9.17, 15) is 26.1 Å². The van der Waals surface area contributed by atoms with Gasteiger partial charge < -0.3 is 4.55 Å². The van der Waals surface area contributed by atoms with E-state index < -0.39 is 23.6 Å². The van der Waals surface area contributed by atoms with Gasteiger partial charge in [0.1, 0.15) is 0 Å². The molecule has 0 bridgehead atoms. The third-order valence-corrected chi connectivity index (χ3v) is 0.800. The van der Waals surface area contributed by atoms with Crippen molar-refractivity contribution in [3.8, 4) is 0 Å². The van der Waals surface area contributed by atoms with Crippen LogP contribution in [-0.2, 0) is 19.3 Å². The summed E-state index contributed by atoms with van der Waals surface area (Å²) >= 11 is 0. The molecule has 0 saturated heterocycles. The molecular formula is C2H2F3LiO5S. The molecule has 0 aliphatic rings. The van der Waals surface area contributed by atoms with Gasteiger partial charge in [-0.15, -0.1) is 13.2 Å². The Kier molecular flexibility index (Phi) is 6.21. The fraction of sp³-hybridized carbons (Fsp3) is 1.00. The standard InChI is InChI=1S/C2H3F3O5S.Li/c3-2(4,5)9-1-10-11(6,7)8;/h1H2,(H,6,7,8);/q;+1/p-1. The zero-order valence-electron chi connectivity index (χ0n) is 5.79. The Labute approximate surface area is 78.0 Å². The van der Waals surface area contributed by atoms with Crippen LogP contribution >= 0.6 is 0 Å². The van der Waals surface area contributed by atoms with Gasteiger partial charge in [0.15, 0.2) is 6.79 Å². The summed E-state index contributed by atoms with van der Waals surface area (Å²) in [5.74, 6) is 0. The van der Waals surface area contributed by atoms with Crippen LogP contribution in [0.2, 0.25) is 0 Å². The molecule has 0 heterocycles. The summed E-state index contributed by atoms with van der Waals surface area (Å²) in [5, 5.41) is 0. The average molecular weight is 202 g/mol. The molecule has 0 atom stereocenters. The molecule has 0 spiro atoms. The Morgan fingerprint density at radius 3 is 2.00 bits per heavy atom. The molecule has 68 valence electrons. The Balaban J connectivity index is 0. The predicted octanol–water partition coefficient (Wildman–Crippen LogP) is -3.04. The van der Waals surface area contributed by atoms with Crippen LogP contribution in [0.1, 0.15) is 0 Å². The van der Waals surface area contributed by atoms with E-state index in [-0.39, 0.29) is 18.9 Å². The summed E-state index contributed by atoms with van der Waals surface area (Å²) in [6.45, 7) is -1.66. The van der Waals surface area contributed by atoms with E-state index in [0.29, 0.717) is 0 Å². The molecule has 0 aliphatic heterocycles. The summed E-state index contributed by atoms with van der Waals surface area (Å²) < 4.78 is 67.5. The monoisotopic (exact) mass is 202 g/mol. The van der Waals surface area contributed by atoms with Crippen molar-refractivity contribution in [2.75, 3.05) is 6.79 Å². The van der Waals surface area contributed by atoms with Crippen LogP contribution in [0.5, 0.6) is 0 Å². The molecule has 0 aromatic rings. The summed E-state index contributed by atoms with van der Waals surface area (Å²) in [6, 6.07) is 0. The normalized spacial score (nSPS) is 12.3. The molecule has 0 fully saturated rings. The molecule has 0 aliphatic carbocycles. The Morgan fingerprint density at radius 2 is 1.75 bits per heavy atom. The first kappa shape index (κ1) is 14.7. The molecule has 0 unspecified atom stereocenters. The van der Waals surface area contributed by atoms with E-state index in [0.717, 1.165) is 0 Å². The molecule has 0 rings (SSSR count). The molecule has 10 heteroatoms. The largest absolute Gasteiger partial charge is 1.00 e. The Hall–Kier alpha value is 0.217. The maximum atomic E-state index is 11.0. The van der Waals surface area contributed by atoms with Crippen molar-refractivity contribution in [2.45, 2.75) is 6.36 Å². The van der Waals surface area contributed by atoms with E-state index >= 15 is 0 Å². The van der Waals surface area contributed by atoms with Gasteiger partial charge in [-0.25, -0.2) is 8.42 Å². The van der Waals surface area contributed by atoms with Gasteiger partial charge in [0, 0.05) is 0 Å². The minimum Gasteiger partial charge on any atom is -0.725 e.